The van der Waals surface area contributed by atoms with E-state index in [9.17, 15) is 22.9 Å². The van der Waals surface area contributed by atoms with E-state index >= 15 is 0 Å². The van der Waals surface area contributed by atoms with Gasteiger partial charge in [-0.1, -0.05) is 86.3 Å². The standard InChI is InChI=1S/C27H34ClN3O5S/c1-2-3-5-14-26(37(34,35)36)25(16-21-12-8-9-13-23(21)28)31-19-29-17-22(31)18-30-24(27(32)33)15-20-10-6-4-7-11-20/h4,6-13,17,19,24-26,30H,2-3,5,14-16,18H2,1H3,(H,32,33)(H,34,35,36)/t24-,25?,26?/m0/s1. The number of carbonyl (C=O) groups is 1. The minimum atomic E-state index is -4.41. The zero-order valence-electron chi connectivity index (χ0n) is 20.8. The van der Waals surface area contributed by atoms with Crippen LogP contribution in [0.15, 0.2) is 67.1 Å². The Bertz CT molecular complexity index is 1250. The molecule has 0 spiro atoms. The maximum atomic E-state index is 12.6. The molecule has 3 atom stereocenters. The van der Waals surface area contributed by atoms with E-state index in [0.717, 1.165) is 24.0 Å². The van der Waals surface area contributed by atoms with Crippen molar-refractivity contribution in [2.75, 3.05) is 0 Å². The Kier molecular flexibility index (Phi) is 10.7. The summed E-state index contributed by atoms with van der Waals surface area (Å²) in [5, 5.41) is 12.3. The first-order valence-corrected chi connectivity index (χ1v) is 14.3. The number of aliphatic carboxylic acids is 1. The first-order chi connectivity index (χ1) is 17.7. The van der Waals surface area contributed by atoms with Crippen LogP contribution in [0, 0.1) is 0 Å². The molecule has 0 fully saturated rings. The number of rotatable bonds is 15. The lowest BCUT2D eigenvalue weighted by Gasteiger charge is -2.28. The summed E-state index contributed by atoms with van der Waals surface area (Å²) in [4.78, 5) is 16.2. The third-order valence-electron chi connectivity index (χ3n) is 6.50. The Morgan fingerprint density at radius 1 is 1.08 bits per heavy atom. The van der Waals surface area contributed by atoms with Gasteiger partial charge in [0.1, 0.15) is 11.3 Å². The molecule has 0 amide bonds. The van der Waals surface area contributed by atoms with Crippen molar-refractivity contribution in [2.24, 2.45) is 0 Å². The van der Waals surface area contributed by atoms with Gasteiger partial charge in [0.05, 0.1) is 18.1 Å². The largest absolute Gasteiger partial charge is 0.480 e. The van der Waals surface area contributed by atoms with E-state index in [2.05, 4.69) is 10.3 Å². The minimum Gasteiger partial charge on any atom is -0.480 e. The van der Waals surface area contributed by atoms with Crippen LogP contribution in [0.1, 0.15) is 55.5 Å². The zero-order chi connectivity index (χ0) is 26.8. The summed E-state index contributed by atoms with van der Waals surface area (Å²) in [5.74, 6) is -0.988. The van der Waals surface area contributed by atoms with Crippen LogP contribution >= 0.6 is 11.6 Å². The molecule has 0 radical (unpaired) electrons. The highest BCUT2D eigenvalue weighted by molar-refractivity contribution is 7.86. The van der Waals surface area contributed by atoms with Crippen molar-refractivity contribution >= 4 is 27.7 Å². The van der Waals surface area contributed by atoms with Gasteiger partial charge >= 0.3 is 5.97 Å². The molecule has 1 aromatic heterocycles. The van der Waals surface area contributed by atoms with Crippen LogP contribution in [0.3, 0.4) is 0 Å². The summed E-state index contributed by atoms with van der Waals surface area (Å²) in [6.45, 7) is 2.17. The van der Waals surface area contributed by atoms with Crippen molar-refractivity contribution in [3.63, 3.8) is 0 Å². The van der Waals surface area contributed by atoms with E-state index in [0.29, 0.717) is 17.1 Å². The highest BCUT2D eigenvalue weighted by Crippen LogP contribution is 2.31. The van der Waals surface area contributed by atoms with Gasteiger partial charge in [-0.15, -0.1) is 0 Å². The van der Waals surface area contributed by atoms with Gasteiger partial charge in [-0.2, -0.15) is 8.42 Å². The monoisotopic (exact) mass is 547 g/mol. The smallest absolute Gasteiger partial charge is 0.321 e. The first kappa shape index (κ1) is 28.8. The normalized spacial score (nSPS) is 14.2. The van der Waals surface area contributed by atoms with Crippen molar-refractivity contribution in [1.82, 2.24) is 14.9 Å². The highest BCUT2D eigenvalue weighted by atomic mass is 35.5. The topological polar surface area (TPSA) is 122 Å². The molecule has 8 nitrogen and oxygen atoms in total. The Morgan fingerprint density at radius 2 is 1.78 bits per heavy atom. The lowest BCUT2D eigenvalue weighted by molar-refractivity contribution is -0.139. The van der Waals surface area contributed by atoms with E-state index in [1.54, 1.807) is 22.9 Å². The van der Waals surface area contributed by atoms with Crippen molar-refractivity contribution < 1.29 is 22.9 Å². The van der Waals surface area contributed by atoms with Gasteiger partial charge in [0.25, 0.3) is 10.1 Å². The van der Waals surface area contributed by atoms with Crippen molar-refractivity contribution in [3.8, 4) is 0 Å². The summed E-state index contributed by atoms with van der Waals surface area (Å²) in [7, 11) is -4.41. The van der Waals surface area contributed by atoms with Crippen LogP contribution in [-0.4, -0.2) is 44.9 Å². The number of halogens is 1. The van der Waals surface area contributed by atoms with Crippen molar-refractivity contribution in [1.29, 1.82) is 0 Å². The Hall–Kier alpha value is -2.72. The van der Waals surface area contributed by atoms with Gasteiger partial charge < -0.3 is 9.67 Å². The second kappa shape index (κ2) is 13.7. The van der Waals surface area contributed by atoms with Crippen LogP contribution in [0.4, 0.5) is 0 Å². The molecule has 3 N–H and O–H groups in total. The number of benzene rings is 2. The van der Waals surface area contributed by atoms with E-state index < -0.39 is 33.4 Å². The Balaban J connectivity index is 1.91. The number of hydrogen-bond donors (Lipinski definition) is 3. The van der Waals surface area contributed by atoms with Crippen LogP contribution < -0.4 is 5.32 Å². The van der Waals surface area contributed by atoms with Gasteiger partial charge in [-0.05, 0) is 36.5 Å². The minimum absolute atomic E-state index is 0.149. The molecule has 200 valence electrons. The zero-order valence-corrected chi connectivity index (χ0v) is 22.4. The van der Waals surface area contributed by atoms with E-state index in [1.165, 1.54) is 6.33 Å². The molecular formula is C27H34ClN3O5S. The third-order valence-corrected chi connectivity index (χ3v) is 8.19. The number of carboxylic acid groups (broad SMARTS) is 1. The Labute approximate surface area is 223 Å². The first-order valence-electron chi connectivity index (χ1n) is 12.4. The van der Waals surface area contributed by atoms with E-state index in [-0.39, 0.29) is 25.8 Å². The molecule has 0 aliphatic rings. The molecule has 0 saturated carbocycles. The second-order valence-corrected chi connectivity index (χ2v) is 11.2. The van der Waals surface area contributed by atoms with Gasteiger partial charge in [0.2, 0.25) is 0 Å². The summed E-state index contributed by atoms with van der Waals surface area (Å²) < 4.78 is 37.2. The Morgan fingerprint density at radius 3 is 2.43 bits per heavy atom. The second-order valence-electron chi connectivity index (χ2n) is 9.17. The van der Waals surface area contributed by atoms with Crippen LogP contribution in [0.5, 0.6) is 0 Å². The van der Waals surface area contributed by atoms with Gasteiger partial charge in [0.15, 0.2) is 0 Å². The fourth-order valence-electron chi connectivity index (χ4n) is 4.53. The number of nitrogens with zero attached hydrogens (tertiary/aromatic N) is 2. The molecule has 10 heteroatoms. The molecule has 2 unspecified atom stereocenters. The van der Waals surface area contributed by atoms with E-state index in [1.807, 2.05) is 49.4 Å². The fraction of sp³-hybridized carbons (Fsp3) is 0.407. The van der Waals surface area contributed by atoms with Gasteiger partial charge in [-0.25, -0.2) is 4.98 Å². The summed E-state index contributed by atoms with van der Waals surface area (Å²) in [5.41, 5.74) is 2.24. The number of nitrogens with one attached hydrogen (secondary N) is 1. The molecule has 3 aromatic rings. The average molecular weight is 548 g/mol. The molecule has 37 heavy (non-hydrogen) atoms. The number of hydrogen-bond acceptors (Lipinski definition) is 5. The average Bonchev–Trinajstić information content (AvgIpc) is 3.32. The maximum absolute atomic E-state index is 12.6. The molecule has 2 aromatic carbocycles. The van der Waals surface area contributed by atoms with Crippen molar-refractivity contribution in [3.05, 3.63) is 89.0 Å². The number of carboxylic acids is 1. The quantitative estimate of drug-likeness (QED) is 0.182. The van der Waals surface area contributed by atoms with E-state index in [4.69, 9.17) is 11.6 Å². The summed E-state index contributed by atoms with van der Waals surface area (Å²) >= 11 is 6.42. The summed E-state index contributed by atoms with van der Waals surface area (Å²) in [6, 6.07) is 15.0. The van der Waals surface area contributed by atoms with Crippen LogP contribution in [0.25, 0.3) is 0 Å². The molecule has 0 aliphatic carbocycles. The highest BCUT2D eigenvalue weighted by Gasteiger charge is 2.34. The lowest BCUT2D eigenvalue weighted by atomic mass is 9.98. The maximum Gasteiger partial charge on any atom is 0.321 e. The lowest BCUT2D eigenvalue weighted by Crippen LogP contribution is -2.39. The molecule has 0 aliphatic heterocycles. The fourth-order valence-corrected chi connectivity index (χ4v) is 5.83. The number of aromatic nitrogens is 2. The van der Waals surface area contributed by atoms with Crippen molar-refractivity contribution in [2.45, 2.75) is 69.3 Å². The summed E-state index contributed by atoms with van der Waals surface area (Å²) in [6.07, 6.45) is 6.32. The molecule has 3 rings (SSSR count). The third kappa shape index (κ3) is 8.39. The predicted molar refractivity (Wildman–Crippen MR) is 144 cm³/mol. The number of imidazole rings is 1. The van der Waals surface area contributed by atoms with Crippen LogP contribution in [-0.2, 0) is 34.3 Å². The molecule has 0 bridgehead atoms. The van der Waals surface area contributed by atoms with Gasteiger partial charge in [-0.3, -0.25) is 14.7 Å². The SMILES string of the molecule is CCCCCC(C(Cc1ccccc1Cl)n1cncc1CN[C@@H](Cc1ccccc1)C(=O)O)S(=O)(=O)O. The molecular weight excluding hydrogens is 514 g/mol. The number of unbranched alkanes of at least 4 members (excludes halogenated alkanes) is 2. The molecule has 0 saturated heterocycles. The molecule has 1 heterocycles. The van der Waals surface area contributed by atoms with Crippen LogP contribution in [0.2, 0.25) is 5.02 Å². The van der Waals surface area contributed by atoms with Gasteiger partial charge in [0, 0.05) is 17.8 Å². The predicted octanol–water partition coefficient (Wildman–Crippen LogP) is 4.94.